The lowest BCUT2D eigenvalue weighted by Crippen LogP contribution is -2.49. The molecule has 0 bridgehead atoms. The molecule has 2 rings (SSSR count). The van der Waals surface area contributed by atoms with E-state index in [0.717, 1.165) is 38.3 Å². The summed E-state index contributed by atoms with van der Waals surface area (Å²) in [5.41, 5.74) is 4.82. The molecule has 0 N–H and O–H groups in total. The van der Waals surface area contributed by atoms with Gasteiger partial charge in [-0.1, -0.05) is 12.1 Å². The second kappa shape index (κ2) is 8.58. The van der Waals surface area contributed by atoms with Crippen LogP contribution in [0.3, 0.4) is 0 Å². The summed E-state index contributed by atoms with van der Waals surface area (Å²) in [4.78, 5) is 16.6. The van der Waals surface area contributed by atoms with Crippen molar-refractivity contribution in [3.8, 4) is 0 Å². The van der Waals surface area contributed by atoms with Crippen LogP contribution in [-0.2, 0) is 15.6 Å². The van der Waals surface area contributed by atoms with Crippen molar-refractivity contribution in [2.24, 2.45) is 0 Å². The molecule has 0 radical (unpaired) electrons. The van der Waals surface area contributed by atoms with Crippen molar-refractivity contribution in [3.63, 3.8) is 0 Å². The van der Waals surface area contributed by atoms with Gasteiger partial charge in [0.15, 0.2) is 0 Å². The molecule has 1 heterocycles. The molecule has 1 fully saturated rings. The van der Waals surface area contributed by atoms with Crippen molar-refractivity contribution >= 4 is 22.8 Å². The Morgan fingerprint density at radius 1 is 1.08 bits per heavy atom. The largest absolute Gasteiger partial charge is 0.337 e. The SMILES string of the molecule is Cc1cc(C)c(/C=C/C(=O)N2CCN(CC[S@@](C)=O)CC2)cc1C. The standard InChI is InChI=1S/C19H28N2O2S/c1-15-13-17(3)18(14-16(15)2)5-6-19(22)21-9-7-20(8-10-21)11-12-24(4)23/h5-6,13-14H,7-12H2,1-4H3/b6-5+/t24-/m1/s1. The Morgan fingerprint density at radius 2 is 1.71 bits per heavy atom. The minimum Gasteiger partial charge on any atom is -0.337 e. The molecule has 1 aromatic rings. The van der Waals surface area contributed by atoms with Crippen LogP contribution >= 0.6 is 0 Å². The first-order valence-corrected chi connectivity index (χ1v) is 10.2. The van der Waals surface area contributed by atoms with Crippen molar-refractivity contribution in [3.05, 3.63) is 40.5 Å². The molecular formula is C19H28N2O2S. The van der Waals surface area contributed by atoms with Crippen LogP contribution in [0.2, 0.25) is 0 Å². The molecule has 24 heavy (non-hydrogen) atoms. The Morgan fingerprint density at radius 3 is 2.33 bits per heavy atom. The van der Waals surface area contributed by atoms with Crippen molar-refractivity contribution in [1.82, 2.24) is 9.80 Å². The van der Waals surface area contributed by atoms with Gasteiger partial charge in [0.05, 0.1) is 0 Å². The summed E-state index contributed by atoms with van der Waals surface area (Å²) in [5.74, 6) is 0.784. The first-order valence-electron chi connectivity index (χ1n) is 8.44. The van der Waals surface area contributed by atoms with E-state index in [4.69, 9.17) is 0 Å². The second-order valence-corrected chi connectivity index (χ2v) is 8.13. The van der Waals surface area contributed by atoms with E-state index in [9.17, 15) is 9.00 Å². The Balaban J connectivity index is 1.90. The minimum atomic E-state index is -0.748. The van der Waals surface area contributed by atoms with Gasteiger partial charge in [0, 0.05) is 61.6 Å². The number of hydrogen-bond acceptors (Lipinski definition) is 3. The van der Waals surface area contributed by atoms with Gasteiger partial charge in [0.25, 0.3) is 0 Å². The van der Waals surface area contributed by atoms with Crippen LogP contribution in [0.1, 0.15) is 22.3 Å². The summed E-state index contributed by atoms with van der Waals surface area (Å²) < 4.78 is 11.2. The Hall–Kier alpha value is -1.46. The molecule has 1 amide bonds. The predicted octanol–water partition coefficient (Wildman–Crippen LogP) is 2.15. The number of carbonyl (C=O) groups is 1. The molecule has 0 aliphatic carbocycles. The zero-order valence-corrected chi connectivity index (χ0v) is 16.0. The fourth-order valence-electron chi connectivity index (χ4n) is 2.88. The van der Waals surface area contributed by atoms with E-state index in [0.29, 0.717) is 5.75 Å². The quantitative estimate of drug-likeness (QED) is 0.766. The van der Waals surface area contributed by atoms with E-state index in [2.05, 4.69) is 37.8 Å². The maximum absolute atomic E-state index is 12.4. The maximum Gasteiger partial charge on any atom is 0.246 e. The van der Waals surface area contributed by atoms with E-state index in [-0.39, 0.29) is 5.91 Å². The monoisotopic (exact) mass is 348 g/mol. The second-order valence-electron chi connectivity index (χ2n) is 6.57. The normalized spacial score (nSPS) is 17.4. The van der Waals surface area contributed by atoms with Gasteiger partial charge in [0.2, 0.25) is 5.91 Å². The third-order valence-corrected chi connectivity index (χ3v) is 5.42. The maximum atomic E-state index is 12.4. The van der Waals surface area contributed by atoms with Crippen LogP contribution in [0.4, 0.5) is 0 Å². The molecular weight excluding hydrogens is 320 g/mol. The first kappa shape index (κ1) is 18.9. The third kappa shape index (κ3) is 5.28. The molecule has 0 aromatic heterocycles. The molecule has 132 valence electrons. The highest BCUT2D eigenvalue weighted by atomic mass is 32.2. The van der Waals surface area contributed by atoms with E-state index in [1.54, 1.807) is 12.3 Å². The van der Waals surface area contributed by atoms with Gasteiger partial charge in [-0.25, -0.2) is 0 Å². The van der Waals surface area contributed by atoms with Gasteiger partial charge >= 0.3 is 0 Å². The smallest absolute Gasteiger partial charge is 0.246 e. The number of benzene rings is 1. The average molecular weight is 349 g/mol. The lowest BCUT2D eigenvalue weighted by Gasteiger charge is -2.34. The van der Waals surface area contributed by atoms with E-state index >= 15 is 0 Å². The molecule has 0 unspecified atom stereocenters. The molecule has 1 aliphatic heterocycles. The number of hydrogen-bond donors (Lipinski definition) is 0. The Bertz CT molecular complexity index is 647. The summed E-state index contributed by atoms with van der Waals surface area (Å²) in [6.07, 6.45) is 5.35. The number of carbonyl (C=O) groups excluding carboxylic acids is 1. The van der Waals surface area contributed by atoms with Crippen molar-refractivity contribution in [2.45, 2.75) is 20.8 Å². The van der Waals surface area contributed by atoms with Crippen LogP contribution in [0.25, 0.3) is 6.08 Å². The number of nitrogens with zero attached hydrogens (tertiary/aromatic N) is 2. The van der Waals surface area contributed by atoms with Gasteiger partial charge < -0.3 is 4.90 Å². The van der Waals surface area contributed by atoms with Gasteiger partial charge in [0.1, 0.15) is 0 Å². The van der Waals surface area contributed by atoms with Gasteiger partial charge in [-0.15, -0.1) is 0 Å². The van der Waals surface area contributed by atoms with E-state index in [1.807, 2.05) is 11.0 Å². The molecule has 5 heteroatoms. The zero-order valence-electron chi connectivity index (χ0n) is 15.2. The zero-order chi connectivity index (χ0) is 17.7. The number of amides is 1. The molecule has 1 atom stereocenters. The molecule has 0 spiro atoms. The van der Waals surface area contributed by atoms with Crippen molar-refractivity contribution in [1.29, 1.82) is 0 Å². The fraction of sp³-hybridized carbons (Fsp3) is 0.526. The third-order valence-electron chi connectivity index (χ3n) is 4.67. The van der Waals surface area contributed by atoms with Crippen LogP contribution in [0.5, 0.6) is 0 Å². The summed E-state index contributed by atoms with van der Waals surface area (Å²) in [6, 6.07) is 4.30. The van der Waals surface area contributed by atoms with Crippen LogP contribution in [-0.4, -0.2) is 64.6 Å². The topological polar surface area (TPSA) is 40.6 Å². The first-order chi connectivity index (χ1) is 11.4. The van der Waals surface area contributed by atoms with Crippen LogP contribution < -0.4 is 0 Å². The predicted molar refractivity (Wildman–Crippen MR) is 102 cm³/mol. The highest BCUT2D eigenvalue weighted by Crippen LogP contribution is 2.17. The van der Waals surface area contributed by atoms with E-state index in [1.165, 1.54) is 16.7 Å². The van der Waals surface area contributed by atoms with Crippen LogP contribution in [0, 0.1) is 20.8 Å². The summed E-state index contributed by atoms with van der Waals surface area (Å²) in [7, 11) is -0.748. The van der Waals surface area contributed by atoms with Crippen molar-refractivity contribution < 1.29 is 9.00 Å². The molecule has 1 saturated heterocycles. The van der Waals surface area contributed by atoms with Gasteiger partial charge in [-0.3, -0.25) is 13.9 Å². The molecule has 0 saturated carbocycles. The van der Waals surface area contributed by atoms with Gasteiger partial charge in [-0.2, -0.15) is 0 Å². The number of rotatable bonds is 5. The summed E-state index contributed by atoms with van der Waals surface area (Å²) >= 11 is 0. The highest BCUT2D eigenvalue weighted by molar-refractivity contribution is 7.84. The summed E-state index contributed by atoms with van der Waals surface area (Å²) in [6.45, 7) is 10.3. The fourth-order valence-corrected chi connectivity index (χ4v) is 3.39. The average Bonchev–Trinajstić information content (AvgIpc) is 2.55. The Labute approximate surface area is 148 Å². The Kier molecular flexibility index (Phi) is 6.75. The molecule has 4 nitrogen and oxygen atoms in total. The number of piperazine rings is 1. The molecule has 1 aromatic carbocycles. The summed E-state index contributed by atoms with van der Waals surface area (Å²) in [5, 5.41) is 0. The lowest BCUT2D eigenvalue weighted by molar-refractivity contribution is -0.127. The van der Waals surface area contributed by atoms with Crippen molar-refractivity contribution in [2.75, 3.05) is 44.7 Å². The lowest BCUT2D eigenvalue weighted by atomic mass is 10.0. The molecule has 1 aliphatic rings. The van der Waals surface area contributed by atoms with Gasteiger partial charge in [-0.05, 0) is 49.1 Å². The highest BCUT2D eigenvalue weighted by Gasteiger charge is 2.19. The van der Waals surface area contributed by atoms with E-state index < -0.39 is 10.8 Å². The minimum absolute atomic E-state index is 0.0753. The van der Waals surface area contributed by atoms with Crippen LogP contribution in [0.15, 0.2) is 18.2 Å². The number of aryl methyl sites for hydroxylation is 3.